The lowest BCUT2D eigenvalue weighted by Crippen LogP contribution is -2.31. The summed E-state index contributed by atoms with van der Waals surface area (Å²) >= 11 is 5.24. The normalized spacial score (nSPS) is 10.4. The summed E-state index contributed by atoms with van der Waals surface area (Å²) in [5.41, 5.74) is 4.52. The lowest BCUT2D eigenvalue weighted by Gasteiger charge is -2.12. The Morgan fingerprint density at radius 1 is 0.926 bits per heavy atom. The maximum Gasteiger partial charge on any atom is 0.187 e. The first-order chi connectivity index (χ1) is 13.1. The van der Waals surface area contributed by atoms with Gasteiger partial charge in [-0.15, -0.1) is 0 Å². The quantitative estimate of drug-likeness (QED) is 0.409. The van der Waals surface area contributed by atoms with E-state index in [1.807, 2.05) is 24.3 Å². The van der Waals surface area contributed by atoms with E-state index >= 15 is 0 Å². The second-order valence-electron chi connectivity index (χ2n) is 5.35. The molecule has 8 heteroatoms. The van der Waals surface area contributed by atoms with E-state index in [1.54, 1.807) is 46.8 Å². The molecule has 27 heavy (non-hydrogen) atoms. The van der Waals surface area contributed by atoms with Crippen molar-refractivity contribution in [3.63, 3.8) is 0 Å². The monoisotopic (exact) mass is 389 g/mol. The number of thiocarbonyl (C=S) groups is 1. The van der Waals surface area contributed by atoms with Crippen LogP contribution < -0.4 is 29.7 Å². The Labute approximate surface area is 164 Å². The highest BCUT2D eigenvalue weighted by Gasteiger charge is 2.11. The number of hydrazone groups is 1. The van der Waals surface area contributed by atoms with Gasteiger partial charge in [0.2, 0.25) is 0 Å². The first-order valence-electron chi connectivity index (χ1n) is 8.11. The van der Waals surface area contributed by atoms with Crippen molar-refractivity contribution in [3.8, 4) is 23.0 Å². The fourth-order valence-electron chi connectivity index (χ4n) is 2.28. The van der Waals surface area contributed by atoms with Crippen LogP contribution in [-0.4, -0.2) is 39.8 Å². The summed E-state index contributed by atoms with van der Waals surface area (Å²) in [5.74, 6) is 2.60. The number of rotatable bonds is 8. The molecule has 2 aromatic carbocycles. The van der Waals surface area contributed by atoms with Crippen LogP contribution in [0.5, 0.6) is 23.0 Å². The molecule has 0 heterocycles. The van der Waals surface area contributed by atoms with Crippen LogP contribution >= 0.6 is 12.2 Å². The highest BCUT2D eigenvalue weighted by atomic mass is 32.1. The first-order valence-corrected chi connectivity index (χ1v) is 8.52. The van der Waals surface area contributed by atoms with Gasteiger partial charge in [-0.3, -0.25) is 5.43 Å². The molecule has 0 bridgehead atoms. The van der Waals surface area contributed by atoms with Crippen LogP contribution in [-0.2, 0) is 6.54 Å². The van der Waals surface area contributed by atoms with Crippen molar-refractivity contribution < 1.29 is 18.9 Å². The largest absolute Gasteiger partial charge is 0.497 e. The van der Waals surface area contributed by atoms with Crippen molar-refractivity contribution in [1.29, 1.82) is 0 Å². The molecule has 144 valence electrons. The molecule has 2 N–H and O–H groups in total. The molecule has 0 saturated heterocycles. The van der Waals surface area contributed by atoms with Crippen molar-refractivity contribution in [1.82, 2.24) is 10.7 Å². The first kappa shape index (κ1) is 20.3. The topological polar surface area (TPSA) is 73.3 Å². The van der Waals surface area contributed by atoms with E-state index in [-0.39, 0.29) is 0 Å². The third kappa shape index (κ3) is 5.75. The van der Waals surface area contributed by atoms with Gasteiger partial charge in [0, 0.05) is 18.7 Å². The Morgan fingerprint density at radius 2 is 1.52 bits per heavy atom. The van der Waals surface area contributed by atoms with Crippen LogP contribution in [0.3, 0.4) is 0 Å². The van der Waals surface area contributed by atoms with Crippen molar-refractivity contribution in [3.05, 3.63) is 47.5 Å². The van der Waals surface area contributed by atoms with Crippen LogP contribution in [0.15, 0.2) is 41.5 Å². The van der Waals surface area contributed by atoms with Gasteiger partial charge in [0.25, 0.3) is 0 Å². The molecule has 0 spiro atoms. The number of nitrogens with one attached hydrogen (secondary N) is 2. The Kier molecular flexibility index (Phi) is 7.69. The number of hydrogen-bond donors (Lipinski definition) is 2. The lowest BCUT2D eigenvalue weighted by molar-refractivity contribution is 0.374. The molecular weight excluding hydrogens is 366 g/mol. The van der Waals surface area contributed by atoms with E-state index in [0.29, 0.717) is 34.5 Å². The maximum atomic E-state index is 5.37. The Balaban J connectivity index is 1.96. The summed E-state index contributed by atoms with van der Waals surface area (Å²) in [6, 6.07) is 11.2. The van der Waals surface area contributed by atoms with Crippen LogP contribution in [0.2, 0.25) is 0 Å². The van der Waals surface area contributed by atoms with Gasteiger partial charge in [0.15, 0.2) is 5.11 Å². The molecule has 0 fully saturated rings. The number of benzene rings is 2. The molecule has 0 unspecified atom stereocenters. The molecule has 0 atom stereocenters. The van der Waals surface area contributed by atoms with Crippen LogP contribution in [0, 0.1) is 0 Å². The molecule has 0 aromatic heterocycles. The summed E-state index contributed by atoms with van der Waals surface area (Å²) in [5, 5.41) is 7.63. The van der Waals surface area contributed by atoms with E-state index in [1.165, 1.54) is 0 Å². The minimum atomic E-state index is 0.397. The summed E-state index contributed by atoms with van der Waals surface area (Å²) < 4.78 is 21.1. The van der Waals surface area contributed by atoms with E-state index in [4.69, 9.17) is 31.2 Å². The third-order valence-electron chi connectivity index (χ3n) is 3.73. The fourth-order valence-corrected chi connectivity index (χ4v) is 2.41. The number of hydrogen-bond acceptors (Lipinski definition) is 6. The van der Waals surface area contributed by atoms with Gasteiger partial charge in [-0.25, -0.2) is 0 Å². The Bertz CT molecular complexity index is 769. The van der Waals surface area contributed by atoms with Gasteiger partial charge in [-0.1, -0.05) is 12.1 Å². The number of nitrogens with zero attached hydrogens (tertiary/aromatic N) is 1. The summed E-state index contributed by atoms with van der Waals surface area (Å²) in [6.45, 7) is 0.570. The average molecular weight is 389 g/mol. The summed E-state index contributed by atoms with van der Waals surface area (Å²) in [6.07, 6.45) is 1.58. The minimum absolute atomic E-state index is 0.397. The molecule has 0 aliphatic carbocycles. The maximum absolute atomic E-state index is 5.37. The molecule has 0 amide bonds. The van der Waals surface area contributed by atoms with Gasteiger partial charge in [-0.05, 0) is 29.9 Å². The van der Waals surface area contributed by atoms with Crippen molar-refractivity contribution in [2.45, 2.75) is 6.54 Å². The molecule has 0 aliphatic heterocycles. The summed E-state index contributed by atoms with van der Waals surface area (Å²) in [7, 11) is 6.35. The van der Waals surface area contributed by atoms with Crippen LogP contribution in [0.25, 0.3) is 0 Å². The Morgan fingerprint density at radius 3 is 2.04 bits per heavy atom. The van der Waals surface area contributed by atoms with Gasteiger partial charge in [-0.2, -0.15) is 5.10 Å². The average Bonchev–Trinajstić information content (AvgIpc) is 2.72. The van der Waals surface area contributed by atoms with Gasteiger partial charge in [0.05, 0.1) is 40.2 Å². The standard InChI is InChI=1S/C19H23N3O4S/c1-23-14-7-5-13(6-8-14)11-20-19(27)22-21-12-16-17(25-3)9-15(24-2)10-18(16)26-4/h5-10,12H,11H2,1-4H3,(H2,20,22,27)/b21-12-. The molecular formula is C19H23N3O4S. The highest BCUT2D eigenvalue weighted by molar-refractivity contribution is 7.80. The Hall–Kier alpha value is -3.00. The molecule has 0 saturated carbocycles. The predicted molar refractivity (Wildman–Crippen MR) is 109 cm³/mol. The van der Waals surface area contributed by atoms with E-state index in [0.717, 1.165) is 11.3 Å². The zero-order chi connectivity index (χ0) is 19.6. The van der Waals surface area contributed by atoms with Gasteiger partial charge >= 0.3 is 0 Å². The zero-order valence-corrected chi connectivity index (χ0v) is 16.6. The van der Waals surface area contributed by atoms with Gasteiger partial charge in [0.1, 0.15) is 23.0 Å². The number of ether oxygens (including phenoxy) is 4. The molecule has 0 aliphatic rings. The highest BCUT2D eigenvalue weighted by Crippen LogP contribution is 2.32. The molecule has 7 nitrogen and oxygen atoms in total. The number of methoxy groups -OCH3 is 4. The fraction of sp³-hybridized carbons (Fsp3) is 0.263. The van der Waals surface area contributed by atoms with Crippen LogP contribution in [0.4, 0.5) is 0 Å². The van der Waals surface area contributed by atoms with Crippen molar-refractivity contribution >= 4 is 23.5 Å². The molecule has 0 radical (unpaired) electrons. The zero-order valence-electron chi connectivity index (χ0n) is 15.7. The SMILES string of the molecule is COc1ccc(CNC(=S)N/N=C\c2c(OC)cc(OC)cc2OC)cc1. The van der Waals surface area contributed by atoms with Gasteiger partial charge < -0.3 is 24.3 Å². The van der Waals surface area contributed by atoms with E-state index < -0.39 is 0 Å². The summed E-state index contributed by atoms with van der Waals surface area (Å²) in [4.78, 5) is 0. The predicted octanol–water partition coefficient (Wildman–Crippen LogP) is 2.72. The third-order valence-corrected chi connectivity index (χ3v) is 3.96. The lowest BCUT2D eigenvalue weighted by atomic mass is 10.2. The van der Waals surface area contributed by atoms with E-state index in [9.17, 15) is 0 Å². The second kappa shape index (κ2) is 10.2. The van der Waals surface area contributed by atoms with Crippen molar-refractivity contribution in [2.75, 3.05) is 28.4 Å². The molecule has 2 aromatic rings. The molecule has 2 rings (SSSR count). The van der Waals surface area contributed by atoms with Crippen LogP contribution in [0.1, 0.15) is 11.1 Å². The minimum Gasteiger partial charge on any atom is -0.497 e. The van der Waals surface area contributed by atoms with E-state index in [2.05, 4.69) is 15.8 Å². The second-order valence-corrected chi connectivity index (χ2v) is 5.75. The van der Waals surface area contributed by atoms with Crippen molar-refractivity contribution in [2.24, 2.45) is 5.10 Å². The smallest absolute Gasteiger partial charge is 0.187 e.